The van der Waals surface area contributed by atoms with Crippen LogP contribution in [0.3, 0.4) is 0 Å². The third-order valence-corrected chi connectivity index (χ3v) is 4.95. The number of benzene rings is 1. The lowest BCUT2D eigenvalue weighted by molar-refractivity contribution is -0.129. The highest BCUT2D eigenvalue weighted by Gasteiger charge is 2.23. The van der Waals surface area contributed by atoms with Crippen molar-refractivity contribution in [2.45, 2.75) is 13.3 Å². The maximum atomic E-state index is 12.5. The molecule has 2 N–H and O–H groups in total. The van der Waals surface area contributed by atoms with E-state index in [0.29, 0.717) is 54.6 Å². The van der Waals surface area contributed by atoms with Crippen LogP contribution in [-0.2, 0) is 4.79 Å². The Morgan fingerprint density at radius 1 is 1.10 bits per heavy atom. The summed E-state index contributed by atoms with van der Waals surface area (Å²) >= 11 is 5.94. The predicted octanol–water partition coefficient (Wildman–Crippen LogP) is 2.74. The van der Waals surface area contributed by atoms with Crippen molar-refractivity contribution in [3.8, 4) is 0 Å². The number of hydrogen-bond acceptors (Lipinski definition) is 4. The van der Waals surface area contributed by atoms with Crippen LogP contribution in [-0.4, -0.2) is 60.4 Å². The summed E-state index contributed by atoms with van der Waals surface area (Å²) in [5, 5.41) is 5.98. The fourth-order valence-corrected chi connectivity index (χ4v) is 3.31. The standard InChI is InChI=1S/C20H23ClN4O4/c1-14-17(6-11-29-14)19(27)22-13-18(26)24-7-3-8-25(10-9-24)20(28)23-16-5-2-4-15(21)12-16/h2,4-6,11-12H,3,7-10,13H2,1H3,(H,22,27)(H,23,28). The number of anilines is 1. The van der Waals surface area contributed by atoms with Gasteiger partial charge in [-0.1, -0.05) is 17.7 Å². The van der Waals surface area contributed by atoms with Gasteiger partial charge in [-0.3, -0.25) is 9.59 Å². The van der Waals surface area contributed by atoms with Crippen molar-refractivity contribution >= 4 is 35.1 Å². The zero-order valence-electron chi connectivity index (χ0n) is 16.1. The Bertz CT molecular complexity index is 898. The van der Waals surface area contributed by atoms with Crippen molar-refractivity contribution in [1.82, 2.24) is 15.1 Å². The molecule has 1 aromatic carbocycles. The number of hydrogen-bond donors (Lipinski definition) is 2. The Hall–Kier alpha value is -3.00. The lowest BCUT2D eigenvalue weighted by Gasteiger charge is -2.22. The summed E-state index contributed by atoms with van der Waals surface area (Å²) in [4.78, 5) is 40.4. The first-order chi connectivity index (χ1) is 13.9. The Morgan fingerprint density at radius 2 is 1.86 bits per heavy atom. The van der Waals surface area contributed by atoms with Gasteiger partial charge >= 0.3 is 6.03 Å². The fraction of sp³-hybridized carbons (Fsp3) is 0.350. The highest BCUT2D eigenvalue weighted by molar-refractivity contribution is 6.30. The molecule has 0 saturated carbocycles. The van der Waals surface area contributed by atoms with Gasteiger partial charge in [0.05, 0.1) is 18.4 Å². The molecule has 1 aliphatic heterocycles. The summed E-state index contributed by atoms with van der Waals surface area (Å²) in [5.74, 6) is -0.0235. The Kier molecular flexibility index (Phi) is 6.77. The molecule has 0 spiro atoms. The summed E-state index contributed by atoms with van der Waals surface area (Å²) in [7, 11) is 0. The van der Waals surface area contributed by atoms with Gasteiger partial charge in [0.25, 0.3) is 5.91 Å². The number of aryl methyl sites for hydroxylation is 1. The molecule has 0 bridgehead atoms. The minimum atomic E-state index is -0.345. The van der Waals surface area contributed by atoms with Crippen molar-refractivity contribution in [2.75, 3.05) is 38.0 Å². The fourth-order valence-electron chi connectivity index (χ4n) is 3.12. The Labute approximate surface area is 173 Å². The molecule has 0 aliphatic carbocycles. The second-order valence-electron chi connectivity index (χ2n) is 6.74. The first kappa shape index (κ1) is 20.7. The van der Waals surface area contributed by atoms with Crippen LogP contribution in [0.4, 0.5) is 10.5 Å². The molecule has 0 atom stereocenters. The van der Waals surface area contributed by atoms with E-state index in [4.69, 9.17) is 16.0 Å². The van der Waals surface area contributed by atoms with Crippen molar-refractivity contribution in [3.63, 3.8) is 0 Å². The number of furan rings is 1. The Balaban J connectivity index is 1.48. The average molecular weight is 419 g/mol. The number of halogens is 1. The van der Waals surface area contributed by atoms with E-state index in [2.05, 4.69) is 10.6 Å². The zero-order chi connectivity index (χ0) is 20.8. The van der Waals surface area contributed by atoms with E-state index in [1.165, 1.54) is 6.26 Å². The van der Waals surface area contributed by atoms with Crippen LogP contribution >= 0.6 is 11.6 Å². The first-order valence-corrected chi connectivity index (χ1v) is 9.73. The van der Waals surface area contributed by atoms with E-state index in [0.717, 1.165) is 0 Å². The summed E-state index contributed by atoms with van der Waals surface area (Å²) in [6, 6.07) is 8.28. The van der Waals surface area contributed by atoms with Crippen molar-refractivity contribution in [3.05, 3.63) is 52.9 Å². The number of urea groups is 1. The van der Waals surface area contributed by atoms with Gasteiger partial charge in [-0.05, 0) is 37.6 Å². The topological polar surface area (TPSA) is 94.9 Å². The van der Waals surface area contributed by atoms with Crippen LogP contribution in [0.1, 0.15) is 22.5 Å². The molecule has 8 nitrogen and oxygen atoms in total. The monoisotopic (exact) mass is 418 g/mol. The maximum absolute atomic E-state index is 12.5. The molecule has 9 heteroatoms. The van der Waals surface area contributed by atoms with Gasteiger partial charge < -0.3 is 24.9 Å². The van der Waals surface area contributed by atoms with Crippen LogP contribution in [0.2, 0.25) is 5.02 Å². The lowest BCUT2D eigenvalue weighted by Crippen LogP contribution is -2.43. The van der Waals surface area contributed by atoms with Gasteiger partial charge in [-0.15, -0.1) is 0 Å². The van der Waals surface area contributed by atoms with Crippen LogP contribution < -0.4 is 10.6 Å². The second kappa shape index (κ2) is 9.47. The predicted molar refractivity (Wildman–Crippen MR) is 109 cm³/mol. The number of nitrogens with one attached hydrogen (secondary N) is 2. The highest BCUT2D eigenvalue weighted by Crippen LogP contribution is 2.16. The molecule has 2 aromatic rings. The quantitative estimate of drug-likeness (QED) is 0.798. The van der Waals surface area contributed by atoms with E-state index >= 15 is 0 Å². The summed E-state index contributed by atoms with van der Waals surface area (Å²) in [6.45, 7) is 3.47. The lowest BCUT2D eigenvalue weighted by atomic mass is 10.2. The molecule has 2 heterocycles. The molecule has 0 radical (unpaired) electrons. The van der Waals surface area contributed by atoms with E-state index < -0.39 is 0 Å². The number of carbonyl (C=O) groups is 3. The third-order valence-electron chi connectivity index (χ3n) is 4.72. The van der Waals surface area contributed by atoms with Gasteiger partial charge in [0.2, 0.25) is 5.91 Å². The van der Waals surface area contributed by atoms with Crippen LogP contribution in [0.15, 0.2) is 41.0 Å². The van der Waals surface area contributed by atoms with Crippen molar-refractivity contribution < 1.29 is 18.8 Å². The normalized spacial score (nSPS) is 14.3. The maximum Gasteiger partial charge on any atom is 0.321 e. The van der Waals surface area contributed by atoms with Gasteiger partial charge in [0, 0.05) is 36.9 Å². The molecular weight excluding hydrogens is 396 g/mol. The molecule has 0 unspecified atom stereocenters. The molecule has 3 rings (SSSR count). The number of rotatable bonds is 4. The molecule has 1 aromatic heterocycles. The van der Waals surface area contributed by atoms with Crippen LogP contribution in [0.25, 0.3) is 0 Å². The van der Waals surface area contributed by atoms with Gasteiger partial charge in [-0.25, -0.2) is 4.79 Å². The second-order valence-corrected chi connectivity index (χ2v) is 7.17. The minimum Gasteiger partial charge on any atom is -0.469 e. The van der Waals surface area contributed by atoms with E-state index in [1.54, 1.807) is 47.1 Å². The molecular formula is C20H23ClN4O4. The summed E-state index contributed by atoms with van der Waals surface area (Å²) in [6.07, 6.45) is 2.09. The zero-order valence-corrected chi connectivity index (χ0v) is 16.9. The first-order valence-electron chi connectivity index (χ1n) is 9.35. The van der Waals surface area contributed by atoms with Crippen LogP contribution in [0.5, 0.6) is 0 Å². The van der Waals surface area contributed by atoms with E-state index in [9.17, 15) is 14.4 Å². The van der Waals surface area contributed by atoms with Gasteiger partial charge in [0.1, 0.15) is 5.76 Å². The van der Waals surface area contributed by atoms with E-state index in [-0.39, 0.29) is 24.4 Å². The molecule has 29 heavy (non-hydrogen) atoms. The number of amides is 4. The summed E-state index contributed by atoms with van der Waals surface area (Å²) in [5.41, 5.74) is 1.04. The van der Waals surface area contributed by atoms with E-state index in [1.807, 2.05) is 0 Å². The summed E-state index contributed by atoms with van der Waals surface area (Å²) < 4.78 is 5.10. The molecule has 1 fully saturated rings. The van der Waals surface area contributed by atoms with Crippen LogP contribution in [0, 0.1) is 6.92 Å². The van der Waals surface area contributed by atoms with Crippen molar-refractivity contribution in [1.29, 1.82) is 0 Å². The number of carbonyl (C=O) groups excluding carboxylic acids is 3. The molecule has 154 valence electrons. The number of nitrogens with zero attached hydrogens (tertiary/aromatic N) is 2. The molecule has 4 amide bonds. The third kappa shape index (κ3) is 5.51. The molecule has 1 aliphatic rings. The van der Waals surface area contributed by atoms with Gasteiger partial charge in [0.15, 0.2) is 0 Å². The average Bonchev–Trinajstić information content (AvgIpc) is 2.97. The van der Waals surface area contributed by atoms with Gasteiger partial charge in [-0.2, -0.15) is 0 Å². The Morgan fingerprint density at radius 3 is 2.59 bits per heavy atom. The van der Waals surface area contributed by atoms with Crippen molar-refractivity contribution in [2.24, 2.45) is 0 Å². The SMILES string of the molecule is Cc1occc1C(=O)NCC(=O)N1CCCN(C(=O)Nc2cccc(Cl)c2)CC1. The largest absolute Gasteiger partial charge is 0.469 e. The smallest absolute Gasteiger partial charge is 0.321 e. The molecule has 1 saturated heterocycles. The minimum absolute atomic E-state index is 0.0990. The highest BCUT2D eigenvalue weighted by atomic mass is 35.5.